The number of carbonyl (C=O) groups excluding carboxylic acids is 4. The molecule has 0 bridgehead atoms. The van der Waals surface area contributed by atoms with E-state index < -0.39 is 40.9 Å². The Morgan fingerprint density at radius 1 is 0.828 bits per heavy atom. The molecular formula is C18H27N3O8. The molecule has 0 unspecified atom stereocenters. The number of ether oxygens (including phenoxy) is 2. The zero-order valence-corrected chi connectivity index (χ0v) is 17.1. The van der Waals surface area contributed by atoms with Crippen LogP contribution in [0.15, 0.2) is 0 Å². The summed E-state index contributed by atoms with van der Waals surface area (Å²) in [4.78, 5) is 62.8. The molecular weight excluding hydrogens is 386 g/mol. The van der Waals surface area contributed by atoms with Gasteiger partial charge >= 0.3 is 29.8 Å². The van der Waals surface area contributed by atoms with Crippen molar-refractivity contribution in [2.24, 2.45) is 0 Å². The van der Waals surface area contributed by atoms with E-state index in [0.717, 1.165) is 0 Å². The first-order chi connectivity index (χ1) is 13.3. The second kappa shape index (κ2) is 8.56. The molecule has 11 nitrogen and oxygen atoms in total. The number of aliphatic carboxylic acids is 1. The Morgan fingerprint density at radius 2 is 1.14 bits per heavy atom. The zero-order valence-electron chi connectivity index (χ0n) is 17.1. The Morgan fingerprint density at radius 3 is 1.41 bits per heavy atom. The van der Waals surface area contributed by atoms with E-state index in [1.807, 2.05) is 27.7 Å². The lowest BCUT2D eigenvalue weighted by Gasteiger charge is -2.50. The minimum absolute atomic E-state index is 0.0665. The molecule has 0 radical (unpaired) electrons. The van der Waals surface area contributed by atoms with Gasteiger partial charge in [-0.15, -0.1) is 0 Å². The molecule has 0 aliphatic carbocycles. The summed E-state index contributed by atoms with van der Waals surface area (Å²) in [6, 6.07) is 0. The van der Waals surface area contributed by atoms with Crippen molar-refractivity contribution in [1.29, 1.82) is 0 Å². The number of hydrogen-bond donors (Lipinski definition) is 1. The Bertz CT molecular complexity index is 634. The summed E-state index contributed by atoms with van der Waals surface area (Å²) in [5, 5.41) is 9.47. The smallest absolute Gasteiger partial charge is 0.327 e. The minimum atomic E-state index is -1.05. The van der Waals surface area contributed by atoms with Crippen molar-refractivity contribution in [3.05, 3.63) is 0 Å². The molecule has 2 fully saturated rings. The maximum absolute atomic E-state index is 11.6. The number of esters is 4. The molecule has 2 saturated heterocycles. The first-order valence-electron chi connectivity index (χ1n) is 9.20. The fourth-order valence-corrected chi connectivity index (χ4v) is 4.10. The minimum Gasteiger partial charge on any atom is -0.480 e. The van der Waals surface area contributed by atoms with Crippen LogP contribution in [0.25, 0.3) is 0 Å². The standard InChI is InChI=1S/C18H27N3O8/c1-17(2,10-19-6-13(24)28-14(25)7-19)21(5-12(22)23)18(3,4)11-20-8-15(26)29-16(27)9-20/h5-11H2,1-4H3,(H,22,23). The topological polar surface area (TPSA) is 134 Å². The highest BCUT2D eigenvalue weighted by Crippen LogP contribution is 2.28. The second-order valence-electron chi connectivity index (χ2n) is 8.59. The number of cyclic esters (lactones) is 4. The molecule has 1 N–H and O–H groups in total. The maximum atomic E-state index is 11.6. The third-order valence-corrected chi connectivity index (χ3v) is 4.84. The Hall–Kier alpha value is -2.37. The molecule has 11 heteroatoms. The van der Waals surface area contributed by atoms with E-state index in [9.17, 15) is 29.1 Å². The maximum Gasteiger partial charge on any atom is 0.327 e. The number of nitrogens with zero attached hydrogens (tertiary/aromatic N) is 3. The first kappa shape index (κ1) is 22.9. The normalized spacial score (nSPS) is 20.0. The summed E-state index contributed by atoms with van der Waals surface area (Å²) < 4.78 is 9.07. The van der Waals surface area contributed by atoms with Crippen molar-refractivity contribution in [3.63, 3.8) is 0 Å². The molecule has 2 heterocycles. The van der Waals surface area contributed by atoms with Gasteiger partial charge in [0.05, 0.1) is 32.7 Å². The van der Waals surface area contributed by atoms with Crippen molar-refractivity contribution in [2.45, 2.75) is 38.8 Å². The molecule has 2 aliphatic rings. The lowest BCUT2D eigenvalue weighted by atomic mass is 9.91. The first-order valence-corrected chi connectivity index (χ1v) is 9.20. The zero-order chi connectivity index (χ0) is 22.0. The largest absolute Gasteiger partial charge is 0.480 e. The molecule has 2 rings (SSSR count). The lowest BCUT2D eigenvalue weighted by molar-refractivity contribution is -0.168. The highest BCUT2D eigenvalue weighted by molar-refractivity contribution is 5.90. The quantitative estimate of drug-likeness (QED) is 0.376. The van der Waals surface area contributed by atoms with Gasteiger partial charge < -0.3 is 14.6 Å². The monoisotopic (exact) mass is 413 g/mol. The SMILES string of the molecule is CC(C)(CN1CC(=O)OC(=O)C1)N(CC(=O)O)C(C)(C)CN1CC(=O)OC(=O)C1. The van der Waals surface area contributed by atoms with Gasteiger partial charge in [0.1, 0.15) is 0 Å². The van der Waals surface area contributed by atoms with Gasteiger partial charge in [-0.1, -0.05) is 0 Å². The van der Waals surface area contributed by atoms with Crippen LogP contribution in [0.5, 0.6) is 0 Å². The fourth-order valence-electron chi connectivity index (χ4n) is 4.10. The van der Waals surface area contributed by atoms with Crippen LogP contribution in [0.1, 0.15) is 27.7 Å². The highest BCUT2D eigenvalue weighted by atomic mass is 16.6. The Balaban J connectivity index is 2.19. The van der Waals surface area contributed by atoms with Crippen molar-refractivity contribution >= 4 is 29.8 Å². The molecule has 162 valence electrons. The summed E-state index contributed by atoms with van der Waals surface area (Å²) in [5.41, 5.74) is -1.53. The molecule has 0 aromatic rings. The van der Waals surface area contributed by atoms with Gasteiger partial charge in [-0.3, -0.25) is 38.7 Å². The summed E-state index contributed by atoms with van der Waals surface area (Å²) in [7, 11) is 0. The van der Waals surface area contributed by atoms with E-state index >= 15 is 0 Å². The van der Waals surface area contributed by atoms with E-state index in [1.54, 1.807) is 14.7 Å². The predicted molar refractivity (Wildman–Crippen MR) is 97.6 cm³/mol. The van der Waals surface area contributed by atoms with Crippen LogP contribution in [-0.2, 0) is 33.4 Å². The lowest BCUT2D eigenvalue weighted by Crippen LogP contribution is -2.65. The molecule has 29 heavy (non-hydrogen) atoms. The summed E-state index contributed by atoms with van der Waals surface area (Å²) in [6.45, 7) is 7.18. The van der Waals surface area contributed by atoms with E-state index in [4.69, 9.17) is 0 Å². The summed E-state index contributed by atoms with van der Waals surface area (Å²) >= 11 is 0. The van der Waals surface area contributed by atoms with Crippen molar-refractivity contribution < 1.29 is 38.6 Å². The fraction of sp³-hybridized carbons (Fsp3) is 0.722. The molecule has 2 aliphatic heterocycles. The average molecular weight is 413 g/mol. The average Bonchev–Trinajstić information content (AvgIpc) is 2.49. The van der Waals surface area contributed by atoms with E-state index in [2.05, 4.69) is 9.47 Å². The third-order valence-electron chi connectivity index (χ3n) is 4.84. The number of carboxylic acids is 1. The van der Waals surface area contributed by atoms with E-state index in [0.29, 0.717) is 0 Å². The number of carboxylic acid groups (broad SMARTS) is 1. The van der Waals surface area contributed by atoms with Gasteiger partial charge in [-0.05, 0) is 27.7 Å². The van der Waals surface area contributed by atoms with E-state index in [1.165, 1.54) is 0 Å². The Labute approximate surface area is 168 Å². The van der Waals surface area contributed by atoms with Crippen molar-refractivity contribution in [2.75, 3.05) is 45.8 Å². The number of carbonyl (C=O) groups is 5. The molecule has 0 atom stereocenters. The van der Waals surface area contributed by atoms with Crippen LogP contribution in [0.4, 0.5) is 0 Å². The van der Waals surface area contributed by atoms with Gasteiger partial charge in [-0.25, -0.2) is 0 Å². The third kappa shape index (κ3) is 6.31. The van der Waals surface area contributed by atoms with Crippen molar-refractivity contribution in [1.82, 2.24) is 14.7 Å². The van der Waals surface area contributed by atoms with Crippen LogP contribution < -0.4 is 0 Å². The van der Waals surface area contributed by atoms with E-state index in [-0.39, 0.29) is 45.8 Å². The summed E-state index contributed by atoms with van der Waals surface area (Å²) in [6.07, 6.45) is 0. The van der Waals surface area contributed by atoms with Gasteiger partial charge in [-0.2, -0.15) is 0 Å². The van der Waals surface area contributed by atoms with Crippen LogP contribution in [0.2, 0.25) is 0 Å². The highest BCUT2D eigenvalue weighted by Gasteiger charge is 2.43. The van der Waals surface area contributed by atoms with Gasteiger partial charge in [0.25, 0.3) is 0 Å². The Kier molecular flexibility index (Phi) is 6.76. The summed E-state index contributed by atoms with van der Waals surface area (Å²) in [5.74, 6) is -3.63. The second-order valence-corrected chi connectivity index (χ2v) is 8.59. The number of morpholine rings is 2. The van der Waals surface area contributed by atoms with Gasteiger partial charge in [0.15, 0.2) is 0 Å². The molecule has 0 saturated carbocycles. The van der Waals surface area contributed by atoms with Crippen LogP contribution >= 0.6 is 0 Å². The van der Waals surface area contributed by atoms with Gasteiger partial charge in [0.2, 0.25) is 0 Å². The van der Waals surface area contributed by atoms with Gasteiger partial charge in [0, 0.05) is 24.2 Å². The molecule has 0 amide bonds. The van der Waals surface area contributed by atoms with Crippen molar-refractivity contribution in [3.8, 4) is 0 Å². The molecule has 0 aromatic carbocycles. The predicted octanol–water partition coefficient (Wildman–Crippen LogP) is -1.30. The molecule has 0 aromatic heterocycles. The van der Waals surface area contributed by atoms with Crippen LogP contribution in [0, 0.1) is 0 Å². The number of hydrogen-bond acceptors (Lipinski definition) is 10. The molecule has 0 spiro atoms. The number of rotatable bonds is 8. The van der Waals surface area contributed by atoms with Crippen LogP contribution in [0.3, 0.4) is 0 Å². The van der Waals surface area contributed by atoms with Crippen LogP contribution in [-0.4, -0.2) is 107 Å².